The van der Waals surface area contributed by atoms with E-state index in [1.807, 2.05) is 24.3 Å². The fourth-order valence-electron chi connectivity index (χ4n) is 3.42. The molecule has 0 N–H and O–H groups in total. The molecule has 0 bridgehead atoms. The van der Waals surface area contributed by atoms with E-state index < -0.39 is 0 Å². The Morgan fingerprint density at radius 2 is 1.69 bits per heavy atom. The molecule has 0 amide bonds. The molecule has 1 aliphatic rings. The zero-order valence-electron chi connectivity index (χ0n) is 14.9. The van der Waals surface area contributed by atoms with Crippen LogP contribution in [-0.4, -0.2) is 38.2 Å². The van der Waals surface area contributed by atoms with E-state index in [9.17, 15) is 4.79 Å². The first-order chi connectivity index (χ1) is 12.7. The Labute approximate surface area is 152 Å². The summed E-state index contributed by atoms with van der Waals surface area (Å²) in [5, 5.41) is 0.956. The van der Waals surface area contributed by atoms with Crippen LogP contribution < -0.4 is 15.3 Å². The van der Waals surface area contributed by atoms with E-state index in [4.69, 9.17) is 9.15 Å². The lowest BCUT2D eigenvalue weighted by molar-refractivity contribution is 0.250. The quantitative estimate of drug-likeness (QED) is 0.677. The average molecular weight is 350 g/mol. The summed E-state index contributed by atoms with van der Waals surface area (Å²) in [5.41, 5.74) is 2.76. The first kappa shape index (κ1) is 16.7. The van der Waals surface area contributed by atoms with Crippen molar-refractivity contribution >= 4 is 16.7 Å². The number of methoxy groups -OCH3 is 1. The Bertz CT molecular complexity index is 941. The molecular formula is C21H22N2O3. The maximum atomic E-state index is 11.4. The second-order valence-corrected chi connectivity index (χ2v) is 6.59. The van der Waals surface area contributed by atoms with Gasteiger partial charge in [0.2, 0.25) is 0 Å². The van der Waals surface area contributed by atoms with Crippen molar-refractivity contribution in [1.29, 1.82) is 0 Å². The van der Waals surface area contributed by atoms with E-state index in [1.54, 1.807) is 13.2 Å². The van der Waals surface area contributed by atoms with Crippen LogP contribution in [0.5, 0.6) is 5.75 Å². The molecule has 5 nitrogen and oxygen atoms in total. The monoisotopic (exact) mass is 350 g/mol. The summed E-state index contributed by atoms with van der Waals surface area (Å²) in [4.78, 5) is 16.2. The smallest absolute Gasteiger partial charge is 0.336 e. The number of piperazine rings is 1. The molecule has 134 valence electrons. The maximum absolute atomic E-state index is 11.4. The van der Waals surface area contributed by atoms with Crippen LogP contribution in [0.1, 0.15) is 5.56 Å². The number of fused-ring (bicyclic) bond motifs is 1. The van der Waals surface area contributed by atoms with Crippen LogP contribution in [0.4, 0.5) is 5.69 Å². The average Bonchev–Trinajstić information content (AvgIpc) is 2.68. The lowest BCUT2D eigenvalue weighted by Crippen LogP contribution is -2.45. The van der Waals surface area contributed by atoms with Gasteiger partial charge in [-0.25, -0.2) is 4.79 Å². The summed E-state index contributed by atoms with van der Waals surface area (Å²) in [6.07, 6.45) is 0. The van der Waals surface area contributed by atoms with Crippen molar-refractivity contribution in [1.82, 2.24) is 4.90 Å². The fraction of sp³-hybridized carbons (Fsp3) is 0.286. The van der Waals surface area contributed by atoms with Crippen molar-refractivity contribution < 1.29 is 9.15 Å². The fourth-order valence-corrected chi connectivity index (χ4v) is 3.42. The molecule has 1 aromatic heterocycles. The van der Waals surface area contributed by atoms with Gasteiger partial charge in [-0.15, -0.1) is 0 Å². The van der Waals surface area contributed by atoms with Gasteiger partial charge in [0.05, 0.1) is 7.11 Å². The van der Waals surface area contributed by atoms with Crippen molar-refractivity contribution in [3.05, 3.63) is 70.6 Å². The highest BCUT2D eigenvalue weighted by atomic mass is 16.5. The third-order valence-electron chi connectivity index (χ3n) is 4.90. The van der Waals surface area contributed by atoms with Crippen LogP contribution in [-0.2, 0) is 6.54 Å². The Morgan fingerprint density at radius 1 is 0.962 bits per heavy atom. The molecule has 1 aliphatic heterocycles. The second-order valence-electron chi connectivity index (χ2n) is 6.59. The van der Waals surface area contributed by atoms with Crippen LogP contribution in [0, 0.1) is 0 Å². The van der Waals surface area contributed by atoms with Gasteiger partial charge in [0.25, 0.3) is 0 Å². The standard InChI is InChI=1S/C21H22N2O3/c1-25-19-7-5-18(6-8-19)23-12-10-22(11-13-23)15-16-2-3-17-4-9-21(24)26-20(17)14-16/h2-9,14H,10-13,15H2,1H3. The molecule has 0 atom stereocenters. The molecule has 5 heteroatoms. The van der Waals surface area contributed by atoms with Gasteiger partial charge in [-0.05, 0) is 42.0 Å². The minimum absolute atomic E-state index is 0.303. The molecule has 26 heavy (non-hydrogen) atoms. The molecule has 1 saturated heterocycles. The lowest BCUT2D eigenvalue weighted by atomic mass is 10.1. The Morgan fingerprint density at radius 3 is 2.42 bits per heavy atom. The molecule has 3 aromatic rings. The lowest BCUT2D eigenvalue weighted by Gasteiger charge is -2.36. The van der Waals surface area contributed by atoms with E-state index in [1.165, 1.54) is 17.3 Å². The second kappa shape index (κ2) is 7.22. The third kappa shape index (κ3) is 3.58. The summed E-state index contributed by atoms with van der Waals surface area (Å²) in [6, 6.07) is 17.6. The normalized spacial score (nSPS) is 15.3. The summed E-state index contributed by atoms with van der Waals surface area (Å²) >= 11 is 0. The van der Waals surface area contributed by atoms with Gasteiger partial charge in [0, 0.05) is 49.9 Å². The van der Waals surface area contributed by atoms with Crippen LogP contribution >= 0.6 is 0 Å². The summed E-state index contributed by atoms with van der Waals surface area (Å²) < 4.78 is 10.5. The first-order valence-electron chi connectivity index (χ1n) is 8.85. The maximum Gasteiger partial charge on any atom is 0.336 e. The number of nitrogens with zero attached hydrogens (tertiary/aromatic N) is 2. The molecule has 0 unspecified atom stereocenters. The topological polar surface area (TPSA) is 45.9 Å². The van der Waals surface area contributed by atoms with Gasteiger partial charge in [0.15, 0.2) is 0 Å². The van der Waals surface area contributed by atoms with E-state index >= 15 is 0 Å². The molecule has 0 radical (unpaired) electrons. The Hall–Kier alpha value is -2.79. The number of ether oxygens (including phenoxy) is 1. The Kier molecular flexibility index (Phi) is 4.63. The van der Waals surface area contributed by atoms with Gasteiger partial charge < -0.3 is 14.1 Å². The first-order valence-corrected chi connectivity index (χ1v) is 8.85. The van der Waals surface area contributed by atoms with E-state index in [2.05, 4.69) is 28.0 Å². The summed E-state index contributed by atoms with van der Waals surface area (Å²) in [7, 11) is 1.69. The molecule has 2 aromatic carbocycles. The number of anilines is 1. The number of hydrogen-bond acceptors (Lipinski definition) is 5. The number of rotatable bonds is 4. The highest BCUT2D eigenvalue weighted by molar-refractivity contribution is 5.76. The van der Waals surface area contributed by atoms with Gasteiger partial charge in [0.1, 0.15) is 11.3 Å². The Balaban J connectivity index is 1.39. The SMILES string of the molecule is COc1ccc(N2CCN(Cc3ccc4ccc(=O)oc4c3)CC2)cc1. The molecular weight excluding hydrogens is 328 g/mol. The predicted octanol–water partition coefficient (Wildman–Crippen LogP) is 3.12. The van der Waals surface area contributed by atoms with Crippen molar-refractivity contribution in [2.45, 2.75) is 6.54 Å². The van der Waals surface area contributed by atoms with E-state index in [-0.39, 0.29) is 5.63 Å². The van der Waals surface area contributed by atoms with E-state index in [0.717, 1.165) is 43.9 Å². The van der Waals surface area contributed by atoms with Crippen LogP contribution in [0.2, 0.25) is 0 Å². The molecule has 0 saturated carbocycles. The van der Waals surface area contributed by atoms with Crippen molar-refractivity contribution in [2.24, 2.45) is 0 Å². The number of hydrogen-bond donors (Lipinski definition) is 0. The highest BCUT2D eigenvalue weighted by Gasteiger charge is 2.17. The van der Waals surface area contributed by atoms with Crippen LogP contribution in [0.15, 0.2) is 63.8 Å². The molecule has 0 spiro atoms. The summed E-state index contributed by atoms with van der Waals surface area (Å²) in [5.74, 6) is 0.885. The van der Waals surface area contributed by atoms with Gasteiger partial charge in [-0.1, -0.05) is 12.1 Å². The molecule has 4 rings (SSSR count). The minimum Gasteiger partial charge on any atom is -0.497 e. The van der Waals surface area contributed by atoms with Gasteiger partial charge in [-0.2, -0.15) is 0 Å². The van der Waals surface area contributed by atoms with Crippen molar-refractivity contribution in [2.75, 3.05) is 38.2 Å². The molecule has 2 heterocycles. The predicted molar refractivity (Wildman–Crippen MR) is 103 cm³/mol. The van der Waals surface area contributed by atoms with Gasteiger partial charge >= 0.3 is 5.63 Å². The van der Waals surface area contributed by atoms with Gasteiger partial charge in [-0.3, -0.25) is 4.90 Å². The highest BCUT2D eigenvalue weighted by Crippen LogP contribution is 2.21. The minimum atomic E-state index is -0.303. The largest absolute Gasteiger partial charge is 0.497 e. The molecule has 1 fully saturated rings. The zero-order chi connectivity index (χ0) is 17.9. The number of benzene rings is 2. The third-order valence-corrected chi connectivity index (χ3v) is 4.90. The van der Waals surface area contributed by atoms with Crippen molar-refractivity contribution in [3.8, 4) is 5.75 Å². The zero-order valence-corrected chi connectivity index (χ0v) is 14.9. The summed E-state index contributed by atoms with van der Waals surface area (Å²) in [6.45, 7) is 4.86. The molecule has 0 aliphatic carbocycles. The van der Waals surface area contributed by atoms with E-state index in [0.29, 0.717) is 5.58 Å². The van der Waals surface area contributed by atoms with Crippen LogP contribution in [0.3, 0.4) is 0 Å². The van der Waals surface area contributed by atoms with Crippen molar-refractivity contribution in [3.63, 3.8) is 0 Å². The van der Waals surface area contributed by atoms with Crippen LogP contribution in [0.25, 0.3) is 11.0 Å².